The highest BCUT2D eigenvalue weighted by atomic mass is 15.1. The number of pyridine rings is 1. The van der Waals surface area contributed by atoms with Crippen molar-refractivity contribution in [2.45, 2.75) is 19.3 Å². The summed E-state index contributed by atoms with van der Waals surface area (Å²) in [7, 11) is 4.07. The van der Waals surface area contributed by atoms with Crippen LogP contribution in [0.3, 0.4) is 0 Å². The van der Waals surface area contributed by atoms with Crippen molar-refractivity contribution in [1.82, 2.24) is 4.98 Å². The first kappa shape index (κ1) is 10.4. The van der Waals surface area contributed by atoms with Gasteiger partial charge in [0.15, 0.2) is 0 Å². The molecule has 82 valence electrons. The molecule has 15 heavy (non-hydrogen) atoms. The zero-order valence-electron chi connectivity index (χ0n) is 9.53. The zero-order valence-corrected chi connectivity index (χ0v) is 9.53. The van der Waals surface area contributed by atoms with Crippen LogP contribution in [0.5, 0.6) is 0 Å². The van der Waals surface area contributed by atoms with Crippen molar-refractivity contribution in [1.29, 1.82) is 0 Å². The van der Waals surface area contributed by atoms with Crippen molar-refractivity contribution < 1.29 is 0 Å². The lowest BCUT2D eigenvalue weighted by molar-refractivity contribution is 0.520. The molecule has 1 aromatic rings. The number of anilines is 1. The lowest BCUT2D eigenvalue weighted by Gasteiger charge is -2.19. The third kappa shape index (κ3) is 2.12. The lowest BCUT2D eigenvalue weighted by Crippen LogP contribution is -2.20. The van der Waals surface area contributed by atoms with E-state index in [1.54, 1.807) is 0 Å². The van der Waals surface area contributed by atoms with Gasteiger partial charge < -0.3 is 10.6 Å². The van der Waals surface area contributed by atoms with E-state index in [4.69, 9.17) is 5.73 Å². The molecule has 2 rings (SSSR count). The van der Waals surface area contributed by atoms with E-state index >= 15 is 0 Å². The summed E-state index contributed by atoms with van der Waals surface area (Å²) in [5.74, 6) is 1.08. The number of nitrogens with zero attached hydrogens (tertiary/aromatic N) is 2. The molecule has 0 unspecified atom stereocenters. The summed E-state index contributed by atoms with van der Waals surface area (Å²) >= 11 is 0. The van der Waals surface area contributed by atoms with Crippen molar-refractivity contribution >= 4 is 5.82 Å². The summed E-state index contributed by atoms with van der Waals surface area (Å²) in [6.07, 6.45) is 5.46. The molecule has 0 radical (unpaired) electrons. The second-order valence-electron chi connectivity index (χ2n) is 4.76. The molecule has 0 atom stereocenters. The molecule has 0 saturated heterocycles. The lowest BCUT2D eigenvalue weighted by atomic mass is 9.97. The van der Waals surface area contributed by atoms with Gasteiger partial charge in [-0.05, 0) is 42.9 Å². The largest absolute Gasteiger partial charge is 0.363 e. The monoisotopic (exact) mass is 205 g/mol. The zero-order chi connectivity index (χ0) is 10.9. The molecule has 1 aromatic heterocycles. The van der Waals surface area contributed by atoms with E-state index in [9.17, 15) is 0 Å². The van der Waals surface area contributed by atoms with Crippen LogP contribution < -0.4 is 10.6 Å². The number of rotatable bonds is 4. The van der Waals surface area contributed by atoms with Gasteiger partial charge in [0.25, 0.3) is 0 Å². The van der Waals surface area contributed by atoms with Crippen LogP contribution in [0.1, 0.15) is 18.4 Å². The molecule has 0 spiro atoms. The van der Waals surface area contributed by atoms with Crippen LogP contribution in [-0.2, 0) is 6.42 Å². The number of hydrogen-bond donors (Lipinski definition) is 1. The fourth-order valence-electron chi connectivity index (χ4n) is 2.00. The Kier molecular flexibility index (Phi) is 2.65. The van der Waals surface area contributed by atoms with Gasteiger partial charge in [0.05, 0.1) is 0 Å². The van der Waals surface area contributed by atoms with Crippen LogP contribution in [0.15, 0.2) is 18.3 Å². The van der Waals surface area contributed by atoms with E-state index in [0.717, 1.165) is 18.8 Å². The average Bonchev–Trinajstić information content (AvgIpc) is 2.99. The molecular weight excluding hydrogens is 186 g/mol. The minimum Gasteiger partial charge on any atom is -0.363 e. The Morgan fingerprint density at radius 2 is 2.20 bits per heavy atom. The molecule has 0 bridgehead atoms. The van der Waals surface area contributed by atoms with Crippen LogP contribution in [0.4, 0.5) is 5.82 Å². The minimum atomic E-state index is 0.383. The Morgan fingerprint density at radius 3 is 2.73 bits per heavy atom. The highest BCUT2D eigenvalue weighted by Gasteiger charge is 2.41. The predicted molar refractivity (Wildman–Crippen MR) is 63.0 cm³/mol. The number of aromatic nitrogens is 1. The van der Waals surface area contributed by atoms with Crippen LogP contribution in [-0.4, -0.2) is 25.6 Å². The van der Waals surface area contributed by atoms with Crippen LogP contribution in [0.2, 0.25) is 0 Å². The van der Waals surface area contributed by atoms with Gasteiger partial charge in [-0.1, -0.05) is 6.07 Å². The Labute approximate surface area is 91.3 Å². The van der Waals surface area contributed by atoms with Gasteiger partial charge in [0, 0.05) is 20.3 Å². The van der Waals surface area contributed by atoms with Crippen LogP contribution in [0, 0.1) is 5.41 Å². The van der Waals surface area contributed by atoms with Gasteiger partial charge in [0.1, 0.15) is 5.82 Å². The quantitative estimate of drug-likeness (QED) is 0.808. The van der Waals surface area contributed by atoms with Gasteiger partial charge in [-0.25, -0.2) is 4.98 Å². The fourth-order valence-corrected chi connectivity index (χ4v) is 2.00. The maximum Gasteiger partial charge on any atom is 0.131 e. The predicted octanol–water partition coefficient (Wildman–Crippen LogP) is 1.43. The summed E-state index contributed by atoms with van der Waals surface area (Å²) in [6.45, 7) is 0.800. The maximum absolute atomic E-state index is 5.81. The van der Waals surface area contributed by atoms with Crippen molar-refractivity contribution in [2.24, 2.45) is 11.1 Å². The Bertz CT molecular complexity index is 342. The van der Waals surface area contributed by atoms with Gasteiger partial charge in [0.2, 0.25) is 0 Å². The third-order valence-corrected chi connectivity index (χ3v) is 3.25. The first-order chi connectivity index (χ1) is 7.17. The average molecular weight is 205 g/mol. The summed E-state index contributed by atoms with van der Waals surface area (Å²) < 4.78 is 0. The van der Waals surface area contributed by atoms with Gasteiger partial charge in [-0.2, -0.15) is 0 Å². The van der Waals surface area contributed by atoms with Crippen molar-refractivity contribution in [2.75, 3.05) is 25.5 Å². The molecule has 1 saturated carbocycles. The number of hydrogen-bond acceptors (Lipinski definition) is 3. The van der Waals surface area contributed by atoms with Crippen LogP contribution >= 0.6 is 0 Å². The summed E-state index contributed by atoms with van der Waals surface area (Å²) in [5, 5.41) is 0. The molecule has 3 nitrogen and oxygen atoms in total. The van der Waals surface area contributed by atoms with Gasteiger partial charge in [-0.15, -0.1) is 0 Å². The van der Waals surface area contributed by atoms with E-state index in [1.807, 2.05) is 26.4 Å². The molecule has 2 N–H and O–H groups in total. The second-order valence-corrected chi connectivity index (χ2v) is 4.76. The topological polar surface area (TPSA) is 42.2 Å². The summed E-state index contributed by atoms with van der Waals surface area (Å²) in [4.78, 5) is 6.48. The maximum atomic E-state index is 5.81. The highest BCUT2D eigenvalue weighted by molar-refractivity contribution is 5.46. The molecule has 0 aliphatic heterocycles. The third-order valence-electron chi connectivity index (χ3n) is 3.25. The molecule has 0 amide bonds. The van der Waals surface area contributed by atoms with Gasteiger partial charge in [-0.3, -0.25) is 0 Å². The molecule has 1 heterocycles. The van der Waals surface area contributed by atoms with E-state index in [1.165, 1.54) is 18.4 Å². The first-order valence-corrected chi connectivity index (χ1v) is 5.48. The number of nitrogens with two attached hydrogens (primary N) is 1. The molecule has 0 aromatic carbocycles. The van der Waals surface area contributed by atoms with E-state index < -0.39 is 0 Å². The molecule has 1 aliphatic carbocycles. The normalized spacial score (nSPS) is 17.5. The SMILES string of the molecule is CN(C)c1ncccc1CC1(CN)CC1. The van der Waals surface area contributed by atoms with E-state index in [0.29, 0.717) is 5.41 Å². The summed E-state index contributed by atoms with van der Waals surface area (Å²) in [5.41, 5.74) is 7.52. The standard InChI is InChI=1S/C12H19N3/c1-15(2)11-10(4-3-7-14-11)8-12(9-13)5-6-12/h3-4,7H,5-6,8-9,13H2,1-2H3. The van der Waals surface area contributed by atoms with Gasteiger partial charge >= 0.3 is 0 Å². The highest BCUT2D eigenvalue weighted by Crippen LogP contribution is 2.48. The van der Waals surface area contributed by atoms with Crippen molar-refractivity contribution in [3.8, 4) is 0 Å². The molecule has 1 fully saturated rings. The molecule has 1 aliphatic rings. The van der Waals surface area contributed by atoms with Crippen molar-refractivity contribution in [3.63, 3.8) is 0 Å². The smallest absolute Gasteiger partial charge is 0.131 e. The first-order valence-electron chi connectivity index (χ1n) is 5.48. The van der Waals surface area contributed by atoms with E-state index in [-0.39, 0.29) is 0 Å². The second kappa shape index (κ2) is 3.81. The van der Waals surface area contributed by atoms with Crippen LogP contribution in [0.25, 0.3) is 0 Å². The molecular formula is C12H19N3. The Morgan fingerprint density at radius 1 is 1.47 bits per heavy atom. The fraction of sp³-hybridized carbons (Fsp3) is 0.583. The van der Waals surface area contributed by atoms with Crippen molar-refractivity contribution in [3.05, 3.63) is 23.9 Å². The Hall–Kier alpha value is -1.09. The summed E-state index contributed by atoms with van der Waals surface area (Å²) in [6, 6.07) is 4.17. The van der Waals surface area contributed by atoms with E-state index in [2.05, 4.69) is 16.0 Å². The Balaban J connectivity index is 2.20. The minimum absolute atomic E-state index is 0.383. The molecule has 3 heteroatoms.